The van der Waals surface area contributed by atoms with Gasteiger partial charge in [-0.3, -0.25) is 0 Å². The molecule has 0 spiro atoms. The molecule has 1 aliphatic heterocycles. The summed E-state index contributed by atoms with van der Waals surface area (Å²) in [5.41, 5.74) is 5.76. The molecule has 0 nitrogen and oxygen atoms in total. The Kier molecular flexibility index (Phi) is 5.56. The van der Waals surface area contributed by atoms with E-state index in [-0.39, 0.29) is 19.0 Å². The molecule has 1 saturated heterocycles. The highest BCUT2D eigenvalue weighted by molar-refractivity contribution is 8.83. The monoisotopic (exact) mass is 416 g/mol. The zero-order valence-corrected chi connectivity index (χ0v) is 20.3. The van der Waals surface area contributed by atoms with Crippen molar-refractivity contribution >= 4 is 33.3 Å². The van der Waals surface area contributed by atoms with Crippen LogP contribution >= 0.6 is 33.3 Å². The first-order valence-corrected chi connectivity index (χ1v) is 12.6. The van der Waals surface area contributed by atoms with Crippen molar-refractivity contribution in [3.8, 4) is 0 Å². The molecule has 2 atom stereocenters. The molecule has 0 N–H and O–H groups in total. The van der Waals surface area contributed by atoms with Crippen LogP contribution in [0.3, 0.4) is 0 Å². The predicted molar refractivity (Wildman–Crippen MR) is 127 cm³/mol. The summed E-state index contributed by atoms with van der Waals surface area (Å²) in [6, 6.07) is 18.4. The molecule has 0 aliphatic carbocycles. The minimum atomic E-state index is 0.00350. The van der Waals surface area contributed by atoms with E-state index in [9.17, 15) is 0 Å². The summed E-state index contributed by atoms with van der Waals surface area (Å²) in [7, 11) is 4.14. The molecule has 0 radical (unpaired) electrons. The number of hydrogen-bond donors (Lipinski definition) is 0. The van der Waals surface area contributed by atoms with Gasteiger partial charge in [0.05, 0.1) is 0 Å². The Bertz CT molecular complexity index is 724. The van der Waals surface area contributed by atoms with Gasteiger partial charge in [0.1, 0.15) is 8.16 Å². The Morgan fingerprint density at radius 3 is 1.11 bits per heavy atom. The van der Waals surface area contributed by atoms with Crippen LogP contribution in [-0.4, -0.2) is 0 Å². The summed E-state index contributed by atoms with van der Waals surface area (Å²) in [6.45, 7) is 18.7. The molecule has 2 aromatic rings. The first-order valence-electron chi connectivity index (χ1n) is 9.63. The van der Waals surface area contributed by atoms with Crippen LogP contribution in [0.5, 0.6) is 0 Å². The Morgan fingerprint density at radius 1 is 0.556 bits per heavy atom. The van der Waals surface area contributed by atoms with Gasteiger partial charge in [-0.25, -0.2) is 0 Å². The third-order valence-electron chi connectivity index (χ3n) is 5.40. The average molecular weight is 417 g/mol. The Labute approximate surface area is 178 Å². The summed E-state index contributed by atoms with van der Waals surface area (Å²) in [5.74, 6) is 0. The molecule has 2 aromatic carbocycles. The van der Waals surface area contributed by atoms with Crippen LogP contribution in [0.15, 0.2) is 48.5 Å². The van der Waals surface area contributed by atoms with Crippen molar-refractivity contribution in [1.29, 1.82) is 0 Å². The minimum Gasteiger partial charge on any atom is -0.114 e. The van der Waals surface area contributed by atoms with E-state index in [2.05, 4.69) is 137 Å². The Balaban J connectivity index is 2.17. The van der Waals surface area contributed by atoms with Crippen LogP contribution in [0, 0.1) is 24.7 Å². The van der Waals surface area contributed by atoms with Crippen molar-refractivity contribution in [2.24, 2.45) is 10.8 Å². The number of hydrogen-bond acceptors (Lipinski definition) is 3. The number of rotatable bonds is 2. The molecule has 0 amide bonds. The summed E-state index contributed by atoms with van der Waals surface area (Å²) in [6.07, 6.45) is 0. The second-order valence-electron chi connectivity index (χ2n) is 9.73. The van der Waals surface area contributed by atoms with Gasteiger partial charge in [-0.15, -0.1) is 11.8 Å². The van der Waals surface area contributed by atoms with Crippen LogP contribution < -0.4 is 0 Å². The lowest BCUT2D eigenvalue weighted by Crippen LogP contribution is -2.37. The van der Waals surface area contributed by atoms with E-state index in [0.29, 0.717) is 0 Å². The molecule has 3 heteroatoms. The molecular formula is C24H32S3. The van der Waals surface area contributed by atoms with Gasteiger partial charge in [-0.1, -0.05) is 123 Å². The van der Waals surface area contributed by atoms with Crippen LogP contribution in [0.4, 0.5) is 0 Å². The largest absolute Gasteiger partial charge is 0.114 e. The molecular weight excluding hydrogens is 384 g/mol. The lowest BCUT2D eigenvalue weighted by molar-refractivity contribution is 0.353. The van der Waals surface area contributed by atoms with Crippen molar-refractivity contribution in [3.63, 3.8) is 0 Å². The van der Waals surface area contributed by atoms with Crippen LogP contribution in [-0.2, 0) is 8.16 Å². The van der Waals surface area contributed by atoms with E-state index in [1.54, 1.807) is 0 Å². The van der Waals surface area contributed by atoms with Gasteiger partial charge in [0.2, 0.25) is 0 Å². The molecule has 0 saturated carbocycles. The number of aryl methyl sites for hydroxylation is 2. The van der Waals surface area contributed by atoms with E-state index in [1.165, 1.54) is 22.3 Å². The molecule has 0 aromatic heterocycles. The highest BCUT2D eigenvalue weighted by atomic mass is 33.1. The van der Waals surface area contributed by atoms with E-state index in [0.717, 1.165) is 0 Å². The second kappa shape index (κ2) is 7.07. The lowest BCUT2D eigenvalue weighted by Gasteiger charge is -2.45. The van der Waals surface area contributed by atoms with Gasteiger partial charge in [0.25, 0.3) is 0 Å². The summed E-state index contributed by atoms with van der Waals surface area (Å²) < 4.78 is 0.00701. The molecule has 1 aliphatic rings. The molecule has 2 unspecified atom stereocenters. The van der Waals surface area contributed by atoms with Crippen LogP contribution in [0.1, 0.15) is 63.8 Å². The molecule has 146 valence electrons. The normalized spacial score (nSPS) is 26.4. The highest BCUT2D eigenvalue weighted by Gasteiger charge is 2.61. The van der Waals surface area contributed by atoms with Gasteiger partial charge in [0.15, 0.2) is 0 Å². The first kappa shape index (κ1) is 21.2. The van der Waals surface area contributed by atoms with E-state index in [1.807, 2.05) is 0 Å². The maximum absolute atomic E-state index is 2.39. The zero-order valence-electron chi connectivity index (χ0n) is 17.8. The third-order valence-corrected chi connectivity index (χ3v) is 13.3. The van der Waals surface area contributed by atoms with E-state index < -0.39 is 0 Å². The van der Waals surface area contributed by atoms with Crippen molar-refractivity contribution in [3.05, 3.63) is 70.8 Å². The maximum atomic E-state index is 2.39. The van der Waals surface area contributed by atoms with Gasteiger partial charge < -0.3 is 0 Å². The van der Waals surface area contributed by atoms with E-state index in [4.69, 9.17) is 0 Å². The molecule has 1 heterocycles. The average Bonchev–Trinajstić information content (AvgIpc) is 2.99. The summed E-state index contributed by atoms with van der Waals surface area (Å²) >= 11 is 2.16. The van der Waals surface area contributed by atoms with Crippen molar-refractivity contribution in [1.82, 2.24) is 0 Å². The molecule has 1 fully saturated rings. The van der Waals surface area contributed by atoms with Crippen molar-refractivity contribution in [2.45, 2.75) is 63.5 Å². The molecule has 0 bridgehead atoms. The first-order chi connectivity index (χ1) is 12.4. The Morgan fingerprint density at radius 2 is 0.852 bits per heavy atom. The zero-order chi connectivity index (χ0) is 20.1. The SMILES string of the molecule is Cc1ccc(C2(C(C)(C)C)SSC(c3ccc(C)cc3)(C(C)(C)C)S2)cc1. The highest BCUT2D eigenvalue weighted by Crippen LogP contribution is 2.80. The summed E-state index contributed by atoms with van der Waals surface area (Å²) in [4.78, 5) is 0. The fraction of sp³-hybridized carbons (Fsp3) is 0.500. The van der Waals surface area contributed by atoms with Gasteiger partial charge in [0, 0.05) is 0 Å². The smallest absolute Gasteiger partial charge is 0.103 e. The van der Waals surface area contributed by atoms with E-state index >= 15 is 0 Å². The molecule has 3 rings (SSSR count). The Hall–Kier alpha value is -0.510. The van der Waals surface area contributed by atoms with Crippen LogP contribution in [0.25, 0.3) is 0 Å². The summed E-state index contributed by atoms with van der Waals surface area (Å²) in [5, 5.41) is 0. The van der Waals surface area contributed by atoms with Crippen LogP contribution in [0.2, 0.25) is 0 Å². The van der Waals surface area contributed by atoms with Crippen molar-refractivity contribution in [2.75, 3.05) is 0 Å². The van der Waals surface area contributed by atoms with Crippen molar-refractivity contribution < 1.29 is 0 Å². The van der Waals surface area contributed by atoms with Gasteiger partial charge in [-0.05, 0) is 35.8 Å². The van der Waals surface area contributed by atoms with Gasteiger partial charge >= 0.3 is 0 Å². The third kappa shape index (κ3) is 3.60. The van der Waals surface area contributed by atoms with Gasteiger partial charge in [-0.2, -0.15) is 0 Å². The lowest BCUT2D eigenvalue weighted by atomic mass is 9.85. The number of benzene rings is 2. The topological polar surface area (TPSA) is 0 Å². The standard InChI is InChI=1S/C24H32S3/c1-17-9-13-19(14-10-17)23(21(3,4)5)25-24(27-26-23,22(6,7)8)20-15-11-18(2)12-16-20/h9-16H,1-8H3. The minimum absolute atomic E-state index is 0.00350. The number of thioether (sulfide) groups is 1. The maximum Gasteiger partial charge on any atom is 0.103 e. The quantitative estimate of drug-likeness (QED) is 0.450. The predicted octanol–water partition coefficient (Wildman–Crippen LogP) is 8.53. The fourth-order valence-electron chi connectivity index (χ4n) is 3.54. The molecule has 27 heavy (non-hydrogen) atoms. The second-order valence-corrected chi connectivity index (χ2v) is 14.2. The fourth-order valence-corrected chi connectivity index (χ4v) is 11.4.